The second-order valence-corrected chi connectivity index (χ2v) is 7.00. The highest BCUT2D eigenvalue weighted by Gasteiger charge is 2.27. The zero-order valence-electron chi connectivity index (χ0n) is 13.6. The van der Waals surface area contributed by atoms with Gasteiger partial charge < -0.3 is 4.52 Å². The number of nitrogens with zero attached hydrogens (tertiary/aromatic N) is 4. The Kier molecular flexibility index (Phi) is 4.25. The molecule has 5 nitrogen and oxygen atoms in total. The summed E-state index contributed by atoms with van der Waals surface area (Å²) in [6.45, 7) is 8.03. The molecule has 0 spiro atoms. The van der Waals surface area contributed by atoms with Crippen molar-refractivity contribution in [3.63, 3.8) is 0 Å². The molecule has 0 bridgehead atoms. The molecule has 22 heavy (non-hydrogen) atoms. The fourth-order valence-corrected chi connectivity index (χ4v) is 2.89. The molecule has 1 unspecified atom stereocenters. The van der Waals surface area contributed by atoms with Gasteiger partial charge >= 0.3 is 0 Å². The smallest absolute Gasteiger partial charge is 0.232 e. The number of hydrogen-bond donors (Lipinski definition) is 0. The van der Waals surface area contributed by atoms with E-state index in [0.29, 0.717) is 11.9 Å². The highest BCUT2D eigenvalue weighted by molar-refractivity contribution is 5.10. The summed E-state index contributed by atoms with van der Waals surface area (Å²) in [6, 6.07) is 6.48. The predicted octanol–water partition coefficient (Wildman–Crippen LogP) is 3.49. The Morgan fingerprint density at radius 3 is 2.82 bits per heavy atom. The van der Waals surface area contributed by atoms with Crippen LogP contribution < -0.4 is 0 Å². The normalized spacial score (nSPS) is 20.2. The lowest BCUT2D eigenvalue weighted by Crippen LogP contribution is -2.33. The lowest BCUT2D eigenvalue weighted by molar-refractivity contribution is 0.132. The van der Waals surface area contributed by atoms with Crippen molar-refractivity contribution in [2.45, 2.75) is 58.0 Å². The Labute approximate surface area is 131 Å². The molecule has 0 radical (unpaired) electrons. The second-order valence-electron chi connectivity index (χ2n) is 7.00. The van der Waals surface area contributed by atoms with E-state index >= 15 is 0 Å². The Morgan fingerprint density at radius 2 is 2.14 bits per heavy atom. The van der Waals surface area contributed by atoms with Crippen molar-refractivity contribution in [3.8, 4) is 0 Å². The van der Waals surface area contributed by atoms with Gasteiger partial charge in [0, 0.05) is 11.6 Å². The molecular weight excluding hydrogens is 276 g/mol. The van der Waals surface area contributed by atoms with Gasteiger partial charge in [-0.3, -0.25) is 9.88 Å². The van der Waals surface area contributed by atoms with Crippen LogP contribution in [0.15, 0.2) is 28.9 Å². The van der Waals surface area contributed by atoms with Crippen molar-refractivity contribution in [2.24, 2.45) is 0 Å². The number of hydrogen-bond acceptors (Lipinski definition) is 5. The topological polar surface area (TPSA) is 55.1 Å². The molecule has 0 N–H and O–H groups in total. The zero-order chi connectivity index (χ0) is 15.6. The molecule has 0 aliphatic carbocycles. The number of likely N-dealkylation sites (tertiary alicyclic amines) is 1. The molecule has 2 aromatic heterocycles. The van der Waals surface area contributed by atoms with Crippen LogP contribution in [0.2, 0.25) is 0 Å². The number of piperidine rings is 1. The van der Waals surface area contributed by atoms with E-state index in [2.05, 4.69) is 52.9 Å². The summed E-state index contributed by atoms with van der Waals surface area (Å²) in [5.41, 5.74) is 1.04. The quantitative estimate of drug-likeness (QED) is 0.868. The van der Waals surface area contributed by atoms with Crippen LogP contribution in [-0.4, -0.2) is 26.6 Å². The van der Waals surface area contributed by atoms with Gasteiger partial charge in [0.05, 0.1) is 18.3 Å². The molecule has 0 amide bonds. The average Bonchev–Trinajstić information content (AvgIpc) is 2.97. The first-order chi connectivity index (χ1) is 10.5. The van der Waals surface area contributed by atoms with Gasteiger partial charge in [0.2, 0.25) is 5.89 Å². The van der Waals surface area contributed by atoms with E-state index in [4.69, 9.17) is 4.52 Å². The number of rotatable bonds is 3. The summed E-state index contributed by atoms with van der Waals surface area (Å²) in [5, 5.41) is 4.16. The SMILES string of the molecule is CC(C)(C)c1nc(CN2CCCCC2c2ccccn2)no1. The fraction of sp³-hybridized carbons (Fsp3) is 0.588. The number of aromatic nitrogens is 3. The first-order valence-electron chi connectivity index (χ1n) is 8.02. The third-order valence-corrected chi connectivity index (χ3v) is 4.10. The molecule has 0 aromatic carbocycles. The summed E-state index contributed by atoms with van der Waals surface area (Å²) in [5.74, 6) is 1.47. The molecular formula is C17H24N4O. The van der Waals surface area contributed by atoms with Crippen molar-refractivity contribution in [1.82, 2.24) is 20.0 Å². The summed E-state index contributed by atoms with van der Waals surface area (Å²) in [6.07, 6.45) is 5.47. The molecule has 0 saturated carbocycles. The predicted molar refractivity (Wildman–Crippen MR) is 84.2 cm³/mol. The molecule has 1 atom stereocenters. The minimum atomic E-state index is -0.104. The van der Waals surface area contributed by atoms with Crippen molar-refractivity contribution < 1.29 is 4.52 Å². The highest BCUT2D eigenvalue weighted by atomic mass is 16.5. The molecule has 1 saturated heterocycles. The molecule has 1 aliphatic heterocycles. The van der Waals surface area contributed by atoms with Crippen LogP contribution in [0.1, 0.15) is 63.5 Å². The van der Waals surface area contributed by atoms with E-state index in [0.717, 1.165) is 31.0 Å². The molecule has 3 heterocycles. The van der Waals surface area contributed by atoms with Crippen LogP contribution in [0.4, 0.5) is 0 Å². The van der Waals surface area contributed by atoms with Crippen LogP contribution in [-0.2, 0) is 12.0 Å². The molecule has 118 valence electrons. The summed E-state index contributed by atoms with van der Waals surface area (Å²) in [7, 11) is 0. The maximum Gasteiger partial charge on any atom is 0.232 e. The largest absolute Gasteiger partial charge is 0.339 e. The van der Waals surface area contributed by atoms with Crippen LogP contribution in [0.3, 0.4) is 0 Å². The lowest BCUT2D eigenvalue weighted by Gasteiger charge is -2.34. The Morgan fingerprint density at radius 1 is 1.27 bits per heavy atom. The molecule has 1 aliphatic rings. The van der Waals surface area contributed by atoms with E-state index < -0.39 is 0 Å². The van der Waals surface area contributed by atoms with Gasteiger partial charge in [-0.2, -0.15) is 4.98 Å². The monoisotopic (exact) mass is 300 g/mol. The Balaban J connectivity index is 1.76. The zero-order valence-corrected chi connectivity index (χ0v) is 13.6. The van der Waals surface area contributed by atoms with Gasteiger partial charge in [-0.1, -0.05) is 38.4 Å². The average molecular weight is 300 g/mol. The third-order valence-electron chi connectivity index (χ3n) is 4.10. The summed E-state index contributed by atoms with van der Waals surface area (Å²) in [4.78, 5) is 11.5. The van der Waals surface area contributed by atoms with Crippen molar-refractivity contribution in [3.05, 3.63) is 41.8 Å². The van der Waals surface area contributed by atoms with Gasteiger partial charge in [0.15, 0.2) is 5.82 Å². The van der Waals surface area contributed by atoms with E-state index in [1.54, 1.807) is 0 Å². The molecule has 5 heteroatoms. The van der Waals surface area contributed by atoms with Gasteiger partial charge in [-0.05, 0) is 31.5 Å². The van der Waals surface area contributed by atoms with Gasteiger partial charge in [0.1, 0.15) is 0 Å². The number of pyridine rings is 1. The Bertz CT molecular complexity index is 603. The summed E-state index contributed by atoms with van der Waals surface area (Å²) < 4.78 is 5.41. The van der Waals surface area contributed by atoms with Crippen LogP contribution >= 0.6 is 0 Å². The van der Waals surface area contributed by atoms with E-state index in [-0.39, 0.29) is 5.41 Å². The first kappa shape index (κ1) is 15.2. The standard InChI is InChI=1S/C17H24N4O/c1-17(2,3)16-19-15(20-22-16)12-21-11-7-5-9-14(21)13-8-4-6-10-18-13/h4,6,8,10,14H,5,7,9,11-12H2,1-3H3. The van der Waals surface area contributed by atoms with Gasteiger partial charge in [0.25, 0.3) is 0 Å². The van der Waals surface area contributed by atoms with E-state index in [1.807, 2.05) is 12.3 Å². The van der Waals surface area contributed by atoms with Crippen molar-refractivity contribution in [2.75, 3.05) is 6.54 Å². The van der Waals surface area contributed by atoms with Crippen LogP contribution in [0.25, 0.3) is 0 Å². The van der Waals surface area contributed by atoms with Crippen molar-refractivity contribution >= 4 is 0 Å². The second kappa shape index (κ2) is 6.16. The van der Waals surface area contributed by atoms with Crippen LogP contribution in [0.5, 0.6) is 0 Å². The van der Waals surface area contributed by atoms with Crippen molar-refractivity contribution in [1.29, 1.82) is 0 Å². The van der Waals surface area contributed by atoms with Crippen LogP contribution in [0, 0.1) is 0 Å². The fourth-order valence-electron chi connectivity index (χ4n) is 2.89. The summed E-state index contributed by atoms with van der Waals surface area (Å²) >= 11 is 0. The van der Waals surface area contributed by atoms with E-state index in [9.17, 15) is 0 Å². The third kappa shape index (κ3) is 3.35. The van der Waals surface area contributed by atoms with Gasteiger partial charge in [-0.15, -0.1) is 0 Å². The van der Waals surface area contributed by atoms with Gasteiger partial charge in [-0.25, -0.2) is 0 Å². The molecule has 3 rings (SSSR count). The maximum absolute atomic E-state index is 5.41. The van der Waals surface area contributed by atoms with E-state index in [1.165, 1.54) is 12.8 Å². The minimum Gasteiger partial charge on any atom is -0.339 e. The minimum absolute atomic E-state index is 0.104. The maximum atomic E-state index is 5.41. The Hall–Kier alpha value is -1.75. The highest BCUT2D eigenvalue weighted by Crippen LogP contribution is 2.30. The molecule has 1 fully saturated rings. The molecule has 2 aromatic rings. The first-order valence-corrected chi connectivity index (χ1v) is 8.02. The lowest BCUT2D eigenvalue weighted by atomic mass is 9.97.